The summed E-state index contributed by atoms with van der Waals surface area (Å²) in [4.78, 5) is 21.1. The van der Waals surface area contributed by atoms with Crippen molar-refractivity contribution in [1.82, 2.24) is 0 Å². The number of methoxy groups -OCH3 is 1. The number of hydrogen-bond acceptors (Lipinski definition) is 5. The fraction of sp³-hybridized carbons (Fsp3) is 0.364. The largest absolute Gasteiger partial charge is 0.469 e. The molecule has 0 saturated carbocycles. The van der Waals surface area contributed by atoms with E-state index in [1.807, 2.05) is 0 Å². The van der Waals surface area contributed by atoms with E-state index in [-0.39, 0.29) is 11.7 Å². The normalized spacial score (nSPS) is 9.71. The van der Waals surface area contributed by atoms with Gasteiger partial charge in [0.2, 0.25) is 0 Å². The number of benzene rings is 1. The molecule has 0 aliphatic heterocycles. The fourth-order valence-corrected chi connectivity index (χ4v) is 1.34. The predicted molar refractivity (Wildman–Crippen MR) is 62.8 cm³/mol. The zero-order valence-corrected chi connectivity index (χ0v) is 9.51. The van der Waals surface area contributed by atoms with Crippen molar-refractivity contribution >= 4 is 17.3 Å². The van der Waals surface area contributed by atoms with Gasteiger partial charge in [-0.3, -0.25) is 14.9 Å². The highest BCUT2D eigenvalue weighted by molar-refractivity contribution is 5.69. The number of para-hydroxylation sites is 2. The maximum absolute atomic E-state index is 10.8. The van der Waals surface area contributed by atoms with E-state index in [9.17, 15) is 14.9 Å². The molecule has 6 heteroatoms. The molecule has 92 valence electrons. The molecule has 0 bridgehead atoms. The molecule has 0 fully saturated rings. The first-order valence-corrected chi connectivity index (χ1v) is 5.19. The second-order valence-electron chi connectivity index (χ2n) is 3.38. The summed E-state index contributed by atoms with van der Waals surface area (Å²) in [5.41, 5.74) is 0.493. The highest BCUT2D eigenvalue weighted by atomic mass is 16.6. The van der Waals surface area contributed by atoms with E-state index in [0.29, 0.717) is 25.1 Å². The molecule has 0 unspecified atom stereocenters. The summed E-state index contributed by atoms with van der Waals surface area (Å²) in [5.74, 6) is -0.283. The van der Waals surface area contributed by atoms with Crippen LogP contribution in [0, 0.1) is 10.1 Å². The number of carbonyl (C=O) groups excluding carboxylic acids is 1. The van der Waals surface area contributed by atoms with E-state index >= 15 is 0 Å². The molecule has 17 heavy (non-hydrogen) atoms. The number of carbonyl (C=O) groups is 1. The third kappa shape index (κ3) is 4.10. The highest BCUT2D eigenvalue weighted by Crippen LogP contribution is 2.22. The van der Waals surface area contributed by atoms with Gasteiger partial charge in [-0.05, 0) is 12.5 Å². The van der Waals surface area contributed by atoms with Gasteiger partial charge in [0.25, 0.3) is 5.69 Å². The van der Waals surface area contributed by atoms with E-state index in [1.54, 1.807) is 18.2 Å². The molecular weight excluding hydrogens is 224 g/mol. The Labute approximate surface area is 98.7 Å². The van der Waals surface area contributed by atoms with Crippen molar-refractivity contribution < 1.29 is 14.5 Å². The molecule has 1 aromatic carbocycles. The van der Waals surface area contributed by atoms with Crippen LogP contribution in [0.3, 0.4) is 0 Å². The first-order valence-electron chi connectivity index (χ1n) is 5.19. The third-order valence-corrected chi connectivity index (χ3v) is 2.20. The van der Waals surface area contributed by atoms with Crippen molar-refractivity contribution in [3.05, 3.63) is 34.4 Å². The molecule has 0 aromatic heterocycles. The van der Waals surface area contributed by atoms with Crippen LogP contribution in [-0.2, 0) is 9.53 Å². The highest BCUT2D eigenvalue weighted by Gasteiger charge is 2.11. The van der Waals surface area contributed by atoms with Gasteiger partial charge in [-0.25, -0.2) is 0 Å². The van der Waals surface area contributed by atoms with E-state index in [2.05, 4.69) is 10.1 Å². The van der Waals surface area contributed by atoms with Gasteiger partial charge in [-0.1, -0.05) is 12.1 Å². The van der Waals surface area contributed by atoms with Gasteiger partial charge in [-0.2, -0.15) is 0 Å². The van der Waals surface area contributed by atoms with E-state index < -0.39 is 4.92 Å². The molecule has 1 N–H and O–H groups in total. The lowest BCUT2D eigenvalue weighted by Crippen LogP contribution is -2.07. The molecule has 0 heterocycles. The molecule has 6 nitrogen and oxygen atoms in total. The second kappa shape index (κ2) is 6.47. The number of hydrogen-bond donors (Lipinski definition) is 1. The van der Waals surface area contributed by atoms with E-state index in [4.69, 9.17) is 0 Å². The van der Waals surface area contributed by atoms with Gasteiger partial charge in [-0.15, -0.1) is 0 Å². The van der Waals surface area contributed by atoms with Crippen LogP contribution >= 0.6 is 0 Å². The van der Waals surface area contributed by atoms with Gasteiger partial charge >= 0.3 is 5.97 Å². The molecule has 0 spiro atoms. The van der Waals surface area contributed by atoms with Crippen LogP contribution in [-0.4, -0.2) is 24.5 Å². The molecule has 1 aromatic rings. The molecular formula is C11H14N2O4. The number of nitro groups is 1. The Balaban J connectivity index is 2.46. The van der Waals surface area contributed by atoms with Crippen molar-refractivity contribution in [3.8, 4) is 0 Å². The Morgan fingerprint density at radius 3 is 2.82 bits per heavy atom. The molecule has 0 aliphatic rings. The number of anilines is 1. The minimum Gasteiger partial charge on any atom is -0.469 e. The van der Waals surface area contributed by atoms with Crippen molar-refractivity contribution in [2.45, 2.75) is 12.8 Å². The van der Waals surface area contributed by atoms with E-state index in [1.165, 1.54) is 13.2 Å². The van der Waals surface area contributed by atoms with Crippen LogP contribution in [0.2, 0.25) is 0 Å². The summed E-state index contributed by atoms with van der Waals surface area (Å²) < 4.78 is 4.49. The number of rotatable bonds is 6. The summed E-state index contributed by atoms with van der Waals surface area (Å²) in [7, 11) is 1.33. The lowest BCUT2D eigenvalue weighted by atomic mass is 10.2. The zero-order valence-electron chi connectivity index (χ0n) is 9.51. The maximum atomic E-state index is 10.8. The van der Waals surface area contributed by atoms with Crippen LogP contribution in [0.1, 0.15) is 12.8 Å². The second-order valence-corrected chi connectivity index (χ2v) is 3.38. The zero-order chi connectivity index (χ0) is 12.7. The standard InChI is InChI=1S/C11H14N2O4/c1-17-11(14)7-4-8-12-9-5-2-3-6-10(9)13(15)16/h2-3,5-6,12H,4,7-8H2,1H3. The molecule has 1 rings (SSSR count). The maximum Gasteiger partial charge on any atom is 0.305 e. The summed E-state index contributed by atoms with van der Waals surface area (Å²) in [6.07, 6.45) is 0.864. The van der Waals surface area contributed by atoms with Crippen LogP contribution < -0.4 is 5.32 Å². The SMILES string of the molecule is COC(=O)CCCNc1ccccc1[N+](=O)[O-]. The Morgan fingerprint density at radius 2 is 2.18 bits per heavy atom. The lowest BCUT2D eigenvalue weighted by molar-refractivity contribution is -0.384. The third-order valence-electron chi connectivity index (χ3n) is 2.20. The Morgan fingerprint density at radius 1 is 1.47 bits per heavy atom. The van der Waals surface area contributed by atoms with Crippen LogP contribution in [0.5, 0.6) is 0 Å². The first-order chi connectivity index (χ1) is 8.15. The Kier molecular flexibility index (Phi) is 4.93. The van der Waals surface area contributed by atoms with E-state index in [0.717, 1.165) is 0 Å². The molecule has 0 atom stereocenters. The van der Waals surface area contributed by atoms with Crippen LogP contribution in [0.4, 0.5) is 11.4 Å². The molecule has 0 saturated heterocycles. The van der Waals surface area contributed by atoms with Crippen molar-refractivity contribution in [1.29, 1.82) is 0 Å². The molecule has 0 aliphatic carbocycles. The van der Waals surface area contributed by atoms with Gasteiger partial charge in [0.1, 0.15) is 5.69 Å². The Bertz CT molecular complexity index is 406. The smallest absolute Gasteiger partial charge is 0.305 e. The van der Waals surface area contributed by atoms with Gasteiger partial charge in [0, 0.05) is 19.0 Å². The summed E-state index contributed by atoms with van der Waals surface area (Å²) in [6.45, 7) is 0.486. The summed E-state index contributed by atoms with van der Waals surface area (Å²) in [5, 5.41) is 13.6. The summed E-state index contributed by atoms with van der Waals surface area (Å²) >= 11 is 0. The monoisotopic (exact) mass is 238 g/mol. The minimum absolute atomic E-state index is 0.0329. The van der Waals surface area contributed by atoms with Gasteiger partial charge in [0.05, 0.1) is 12.0 Å². The number of esters is 1. The van der Waals surface area contributed by atoms with Crippen LogP contribution in [0.15, 0.2) is 24.3 Å². The van der Waals surface area contributed by atoms with Crippen LogP contribution in [0.25, 0.3) is 0 Å². The number of ether oxygens (including phenoxy) is 1. The predicted octanol–water partition coefficient (Wildman–Crippen LogP) is 1.96. The average Bonchev–Trinajstić information content (AvgIpc) is 2.34. The lowest BCUT2D eigenvalue weighted by Gasteiger charge is -2.06. The molecule has 0 amide bonds. The molecule has 0 radical (unpaired) electrons. The number of nitrogens with zero attached hydrogens (tertiary/aromatic N) is 1. The average molecular weight is 238 g/mol. The topological polar surface area (TPSA) is 81.5 Å². The minimum atomic E-state index is -0.442. The van der Waals surface area contributed by atoms with Gasteiger partial charge in [0.15, 0.2) is 0 Å². The van der Waals surface area contributed by atoms with Crippen molar-refractivity contribution in [2.24, 2.45) is 0 Å². The van der Waals surface area contributed by atoms with Crippen molar-refractivity contribution in [3.63, 3.8) is 0 Å². The van der Waals surface area contributed by atoms with Gasteiger partial charge < -0.3 is 10.1 Å². The fourth-order valence-electron chi connectivity index (χ4n) is 1.34. The number of nitro benzene ring substituents is 1. The Hall–Kier alpha value is -2.11. The first kappa shape index (κ1) is 13.0. The van der Waals surface area contributed by atoms with Crippen molar-refractivity contribution in [2.75, 3.05) is 19.0 Å². The quantitative estimate of drug-likeness (QED) is 0.354. The number of nitrogens with one attached hydrogen (secondary N) is 1. The summed E-state index contributed by atoms with van der Waals surface area (Å²) in [6, 6.07) is 6.40.